The van der Waals surface area contributed by atoms with Gasteiger partial charge in [0.25, 0.3) is 5.91 Å². The maximum absolute atomic E-state index is 11.7. The van der Waals surface area contributed by atoms with Crippen LogP contribution >= 0.6 is 0 Å². The molecule has 3 rings (SSSR count). The molecule has 0 radical (unpaired) electrons. The van der Waals surface area contributed by atoms with Crippen LogP contribution in [0, 0.1) is 0 Å². The fourth-order valence-corrected chi connectivity index (χ4v) is 3.17. The largest absolute Gasteiger partial charge is 0.375 e. The van der Waals surface area contributed by atoms with Gasteiger partial charge in [0.2, 0.25) is 0 Å². The summed E-state index contributed by atoms with van der Waals surface area (Å²) in [4.78, 5) is 14.1. The van der Waals surface area contributed by atoms with Crippen molar-refractivity contribution in [2.24, 2.45) is 0 Å². The van der Waals surface area contributed by atoms with Crippen molar-refractivity contribution in [1.82, 2.24) is 10.2 Å². The lowest BCUT2D eigenvalue weighted by molar-refractivity contribution is -0.0597. The number of carbonyl (C=O) groups excluding carboxylic acids is 1. The standard InChI is InChI=1S/C20H24N2O2/c1-15-12-22(19(14-24-15)17-6-4-3-5-7-17)13-16-8-10-18(11-9-16)20(23)21-2/h3-11,15,19H,12-14H2,1-2H3,(H,21,23)/t15-,19+/m1/s1. The number of amides is 1. The highest BCUT2D eigenvalue weighted by Crippen LogP contribution is 2.27. The summed E-state index contributed by atoms with van der Waals surface area (Å²) in [7, 11) is 1.65. The lowest BCUT2D eigenvalue weighted by Gasteiger charge is -2.39. The zero-order chi connectivity index (χ0) is 16.9. The average molecular weight is 324 g/mol. The molecule has 0 spiro atoms. The van der Waals surface area contributed by atoms with Crippen LogP contribution in [-0.2, 0) is 11.3 Å². The van der Waals surface area contributed by atoms with E-state index in [1.54, 1.807) is 7.05 Å². The van der Waals surface area contributed by atoms with Crippen LogP contribution in [0.25, 0.3) is 0 Å². The quantitative estimate of drug-likeness (QED) is 0.940. The van der Waals surface area contributed by atoms with E-state index in [1.165, 1.54) is 11.1 Å². The van der Waals surface area contributed by atoms with Gasteiger partial charge < -0.3 is 10.1 Å². The Labute approximate surface area is 143 Å². The predicted octanol–water partition coefficient (Wildman–Crippen LogP) is 3.01. The number of nitrogens with one attached hydrogen (secondary N) is 1. The van der Waals surface area contributed by atoms with Crippen LogP contribution in [0.3, 0.4) is 0 Å². The normalized spacial score (nSPS) is 21.4. The van der Waals surface area contributed by atoms with Crippen LogP contribution in [0.4, 0.5) is 0 Å². The lowest BCUT2D eigenvalue weighted by atomic mass is 10.0. The summed E-state index contributed by atoms with van der Waals surface area (Å²) in [6, 6.07) is 18.6. The second kappa shape index (κ2) is 7.60. The van der Waals surface area contributed by atoms with E-state index in [4.69, 9.17) is 4.74 Å². The van der Waals surface area contributed by atoms with E-state index >= 15 is 0 Å². The maximum Gasteiger partial charge on any atom is 0.251 e. The molecule has 1 heterocycles. The summed E-state index contributed by atoms with van der Waals surface area (Å²) in [6.45, 7) is 4.57. The minimum atomic E-state index is -0.0521. The van der Waals surface area contributed by atoms with Crippen molar-refractivity contribution >= 4 is 5.91 Å². The van der Waals surface area contributed by atoms with Crippen LogP contribution in [0.15, 0.2) is 54.6 Å². The number of ether oxygens (including phenoxy) is 1. The second-order valence-electron chi connectivity index (χ2n) is 6.28. The van der Waals surface area contributed by atoms with Crippen molar-refractivity contribution in [3.8, 4) is 0 Å². The van der Waals surface area contributed by atoms with Gasteiger partial charge in [-0.3, -0.25) is 9.69 Å². The van der Waals surface area contributed by atoms with Gasteiger partial charge in [-0.05, 0) is 30.2 Å². The van der Waals surface area contributed by atoms with Crippen LogP contribution in [0.2, 0.25) is 0 Å². The van der Waals surface area contributed by atoms with Gasteiger partial charge in [-0.1, -0.05) is 42.5 Å². The number of morpholine rings is 1. The molecule has 1 amide bonds. The maximum atomic E-state index is 11.7. The Balaban J connectivity index is 1.76. The molecule has 4 nitrogen and oxygen atoms in total. The zero-order valence-corrected chi connectivity index (χ0v) is 14.2. The fourth-order valence-electron chi connectivity index (χ4n) is 3.17. The van der Waals surface area contributed by atoms with Gasteiger partial charge in [-0.15, -0.1) is 0 Å². The molecule has 1 fully saturated rings. The molecule has 0 bridgehead atoms. The van der Waals surface area contributed by atoms with E-state index in [2.05, 4.69) is 41.4 Å². The van der Waals surface area contributed by atoms with Gasteiger partial charge in [0, 0.05) is 25.7 Å². The van der Waals surface area contributed by atoms with E-state index in [-0.39, 0.29) is 18.1 Å². The van der Waals surface area contributed by atoms with E-state index in [0.29, 0.717) is 12.2 Å². The van der Waals surface area contributed by atoms with E-state index in [9.17, 15) is 4.79 Å². The molecule has 2 atom stereocenters. The van der Waals surface area contributed by atoms with Gasteiger partial charge >= 0.3 is 0 Å². The molecule has 24 heavy (non-hydrogen) atoms. The molecular formula is C20H24N2O2. The molecule has 1 N–H and O–H groups in total. The number of carbonyl (C=O) groups is 1. The van der Waals surface area contributed by atoms with Gasteiger partial charge in [0.1, 0.15) is 0 Å². The van der Waals surface area contributed by atoms with Gasteiger partial charge in [0.15, 0.2) is 0 Å². The first kappa shape index (κ1) is 16.7. The number of hydrogen-bond acceptors (Lipinski definition) is 3. The monoisotopic (exact) mass is 324 g/mol. The second-order valence-corrected chi connectivity index (χ2v) is 6.28. The van der Waals surface area contributed by atoms with E-state index in [1.807, 2.05) is 30.3 Å². The van der Waals surface area contributed by atoms with Crippen LogP contribution in [-0.4, -0.2) is 37.1 Å². The van der Waals surface area contributed by atoms with Crippen LogP contribution in [0.1, 0.15) is 34.5 Å². The van der Waals surface area contributed by atoms with Crippen molar-refractivity contribution < 1.29 is 9.53 Å². The van der Waals surface area contributed by atoms with Crippen LogP contribution in [0.5, 0.6) is 0 Å². The molecule has 0 unspecified atom stereocenters. The van der Waals surface area contributed by atoms with Crippen molar-refractivity contribution in [2.45, 2.75) is 25.6 Å². The first-order valence-electron chi connectivity index (χ1n) is 8.39. The highest BCUT2D eigenvalue weighted by molar-refractivity contribution is 5.93. The lowest BCUT2D eigenvalue weighted by Crippen LogP contribution is -2.43. The Morgan fingerprint density at radius 2 is 1.88 bits per heavy atom. The van der Waals surface area contributed by atoms with Gasteiger partial charge in [0.05, 0.1) is 18.8 Å². The number of benzene rings is 2. The SMILES string of the molecule is CNC(=O)c1ccc(CN2C[C@@H](C)OC[C@H]2c2ccccc2)cc1. The Bertz CT molecular complexity index is 670. The smallest absolute Gasteiger partial charge is 0.251 e. The van der Waals surface area contributed by atoms with E-state index in [0.717, 1.165) is 13.1 Å². The molecule has 1 saturated heterocycles. The summed E-state index contributed by atoms with van der Waals surface area (Å²) in [5, 5.41) is 2.65. The van der Waals surface area contributed by atoms with Crippen molar-refractivity contribution in [3.63, 3.8) is 0 Å². The molecule has 126 valence electrons. The molecular weight excluding hydrogens is 300 g/mol. The molecule has 1 aliphatic heterocycles. The molecule has 2 aromatic carbocycles. The van der Waals surface area contributed by atoms with Gasteiger partial charge in [-0.2, -0.15) is 0 Å². The Kier molecular flexibility index (Phi) is 5.28. The first-order chi connectivity index (χ1) is 11.7. The summed E-state index contributed by atoms with van der Waals surface area (Å²) in [6.07, 6.45) is 0.232. The Hall–Kier alpha value is -2.17. The molecule has 4 heteroatoms. The molecule has 0 saturated carbocycles. The van der Waals surface area contributed by atoms with Crippen molar-refractivity contribution in [3.05, 3.63) is 71.3 Å². The number of nitrogens with zero attached hydrogens (tertiary/aromatic N) is 1. The third-order valence-electron chi connectivity index (χ3n) is 4.48. The molecule has 0 aromatic heterocycles. The third kappa shape index (κ3) is 3.83. The van der Waals surface area contributed by atoms with Crippen molar-refractivity contribution in [2.75, 3.05) is 20.2 Å². The summed E-state index contributed by atoms with van der Waals surface area (Å²) < 4.78 is 5.88. The fraction of sp³-hybridized carbons (Fsp3) is 0.350. The summed E-state index contributed by atoms with van der Waals surface area (Å²) >= 11 is 0. The van der Waals surface area contributed by atoms with Crippen molar-refractivity contribution in [1.29, 1.82) is 0 Å². The minimum absolute atomic E-state index is 0.0521. The first-order valence-corrected chi connectivity index (χ1v) is 8.39. The number of rotatable bonds is 4. The minimum Gasteiger partial charge on any atom is -0.375 e. The highest BCUT2D eigenvalue weighted by Gasteiger charge is 2.27. The highest BCUT2D eigenvalue weighted by atomic mass is 16.5. The van der Waals surface area contributed by atoms with E-state index < -0.39 is 0 Å². The zero-order valence-electron chi connectivity index (χ0n) is 14.2. The van der Waals surface area contributed by atoms with Gasteiger partial charge in [-0.25, -0.2) is 0 Å². The molecule has 1 aliphatic rings. The third-order valence-corrected chi connectivity index (χ3v) is 4.48. The Morgan fingerprint density at radius 3 is 2.54 bits per heavy atom. The van der Waals surface area contributed by atoms with Crippen LogP contribution < -0.4 is 5.32 Å². The topological polar surface area (TPSA) is 41.6 Å². The predicted molar refractivity (Wildman–Crippen MR) is 94.8 cm³/mol. The summed E-state index contributed by atoms with van der Waals surface area (Å²) in [5.41, 5.74) is 3.18. The summed E-state index contributed by atoms with van der Waals surface area (Å²) in [5.74, 6) is -0.0521. The average Bonchev–Trinajstić information content (AvgIpc) is 2.62. The number of hydrogen-bond donors (Lipinski definition) is 1. The Morgan fingerprint density at radius 1 is 1.17 bits per heavy atom. The molecule has 2 aromatic rings. The molecule has 0 aliphatic carbocycles.